The minimum Gasteiger partial charge on any atom is -0.202 e. The van der Waals surface area contributed by atoms with Crippen molar-refractivity contribution < 1.29 is 8.78 Å². The van der Waals surface area contributed by atoms with Crippen molar-refractivity contribution in [2.75, 3.05) is 0 Å². The molecule has 0 aliphatic rings. The van der Waals surface area contributed by atoms with Gasteiger partial charge in [-0.05, 0) is 34.7 Å². The van der Waals surface area contributed by atoms with Gasteiger partial charge in [-0.15, -0.1) is 5.73 Å². The molecule has 0 unspecified atom stereocenters. The summed E-state index contributed by atoms with van der Waals surface area (Å²) in [5.74, 6) is -2.19. The van der Waals surface area contributed by atoms with E-state index < -0.39 is 17.3 Å². The summed E-state index contributed by atoms with van der Waals surface area (Å²) in [5.41, 5.74) is 7.95. The monoisotopic (exact) mass is 253 g/mol. The van der Waals surface area contributed by atoms with Crippen molar-refractivity contribution >= 4 is 28.3 Å². The molecule has 0 aliphatic heterocycles. The Labute approximate surface area is 70.4 Å². The molecule has 2 radical (unpaired) electrons. The molecule has 1 rings (SSSR count). The van der Waals surface area contributed by atoms with E-state index in [9.17, 15) is 8.78 Å². The first-order valence-corrected chi connectivity index (χ1v) is 3.53. The molecule has 0 bridgehead atoms. The highest BCUT2D eigenvalue weighted by Crippen LogP contribution is 2.19. The molecule has 0 amide bonds. The van der Waals surface area contributed by atoms with Gasteiger partial charge in [-0.1, -0.05) is 0 Å². The van der Waals surface area contributed by atoms with Crippen LogP contribution in [-0.2, 0) is 0 Å². The SMILES string of the molecule is [N]c1ccc(I)c(F)c1F. The lowest BCUT2D eigenvalue weighted by atomic mass is 10.3. The molecule has 52 valence electrons. The first-order valence-electron chi connectivity index (χ1n) is 2.45. The molecule has 1 nitrogen and oxygen atoms in total. The van der Waals surface area contributed by atoms with Crippen LogP contribution in [0.5, 0.6) is 0 Å². The summed E-state index contributed by atoms with van der Waals surface area (Å²) < 4.78 is 25.0. The third-order valence-corrected chi connectivity index (χ3v) is 1.85. The van der Waals surface area contributed by atoms with Crippen LogP contribution in [0.15, 0.2) is 12.1 Å². The van der Waals surface area contributed by atoms with Gasteiger partial charge in [0.05, 0.1) is 3.57 Å². The van der Waals surface area contributed by atoms with Crippen LogP contribution in [0, 0.1) is 15.2 Å². The predicted molar refractivity (Wildman–Crippen MR) is 40.9 cm³/mol. The third kappa shape index (κ3) is 1.21. The molecule has 4 heteroatoms. The summed E-state index contributed by atoms with van der Waals surface area (Å²) in [6.45, 7) is 0. The van der Waals surface area contributed by atoms with Crippen LogP contribution in [0.3, 0.4) is 0 Å². The zero-order valence-electron chi connectivity index (χ0n) is 4.74. The zero-order chi connectivity index (χ0) is 7.72. The van der Waals surface area contributed by atoms with Crippen molar-refractivity contribution in [3.8, 4) is 0 Å². The second-order valence-electron chi connectivity index (χ2n) is 1.69. The molecule has 0 fully saturated rings. The Bertz CT molecular complexity index is 235. The predicted octanol–water partition coefficient (Wildman–Crippen LogP) is 2.27. The van der Waals surface area contributed by atoms with Crippen LogP contribution in [0.2, 0.25) is 0 Å². The molecule has 0 spiro atoms. The van der Waals surface area contributed by atoms with Gasteiger partial charge in [0.2, 0.25) is 0 Å². The van der Waals surface area contributed by atoms with Gasteiger partial charge >= 0.3 is 0 Å². The fourth-order valence-electron chi connectivity index (χ4n) is 0.516. The molecule has 0 aromatic heterocycles. The van der Waals surface area contributed by atoms with Crippen molar-refractivity contribution in [3.05, 3.63) is 27.3 Å². The summed E-state index contributed by atoms with van der Waals surface area (Å²) in [6, 6.07) is 2.41. The van der Waals surface area contributed by atoms with Crippen molar-refractivity contribution in [1.29, 1.82) is 0 Å². The number of hydrogen-bond acceptors (Lipinski definition) is 0. The standard InChI is InChI=1S/C6H2F2IN/c7-5-3(9)1-2-4(10)6(5)8/h1-2H. The lowest BCUT2D eigenvalue weighted by Crippen LogP contribution is -1.89. The maximum absolute atomic E-state index is 12.4. The van der Waals surface area contributed by atoms with E-state index in [1.165, 1.54) is 6.07 Å². The van der Waals surface area contributed by atoms with Crippen molar-refractivity contribution in [2.45, 2.75) is 0 Å². The Morgan fingerprint density at radius 1 is 1.20 bits per heavy atom. The smallest absolute Gasteiger partial charge is 0.187 e. The van der Waals surface area contributed by atoms with E-state index in [2.05, 4.69) is 0 Å². The van der Waals surface area contributed by atoms with Gasteiger partial charge in [0.25, 0.3) is 0 Å². The minimum atomic E-state index is -1.19. The molecule has 1 aromatic carbocycles. The zero-order valence-corrected chi connectivity index (χ0v) is 6.89. The van der Waals surface area contributed by atoms with E-state index in [-0.39, 0.29) is 3.57 Å². The topological polar surface area (TPSA) is 22.3 Å². The van der Waals surface area contributed by atoms with E-state index in [0.717, 1.165) is 6.07 Å². The molecule has 0 saturated heterocycles. The van der Waals surface area contributed by atoms with E-state index >= 15 is 0 Å². The van der Waals surface area contributed by atoms with Crippen LogP contribution >= 0.6 is 22.6 Å². The van der Waals surface area contributed by atoms with Gasteiger partial charge in [0, 0.05) is 0 Å². The molecule has 0 saturated carbocycles. The van der Waals surface area contributed by atoms with Crippen LogP contribution in [-0.4, -0.2) is 0 Å². The normalized spacial score (nSPS) is 9.90. The van der Waals surface area contributed by atoms with Gasteiger partial charge in [0.1, 0.15) is 5.69 Å². The Morgan fingerprint density at radius 3 is 2.30 bits per heavy atom. The highest BCUT2D eigenvalue weighted by Gasteiger charge is 2.09. The number of benzene rings is 1. The molecule has 0 N–H and O–H groups in total. The van der Waals surface area contributed by atoms with Gasteiger partial charge in [-0.25, -0.2) is 8.78 Å². The van der Waals surface area contributed by atoms with Gasteiger partial charge in [-0.2, -0.15) is 0 Å². The Morgan fingerprint density at radius 2 is 1.80 bits per heavy atom. The molecule has 10 heavy (non-hydrogen) atoms. The quantitative estimate of drug-likeness (QED) is 0.500. The first-order chi connectivity index (χ1) is 4.63. The van der Waals surface area contributed by atoms with Crippen molar-refractivity contribution in [2.24, 2.45) is 0 Å². The number of hydrogen-bond donors (Lipinski definition) is 0. The Hall–Kier alpha value is -0.390. The van der Waals surface area contributed by atoms with Crippen LogP contribution in [0.25, 0.3) is 0 Å². The summed E-state index contributed by atoms with van der Waals surface area (Å²) in [7, 11) is 0. The second kappa shape index (κ2) is 2.69. The summed E-state index contributed by atoms with van der Waals surface area (Å²) >= 11 is 1.64. The number of rotatable bonds is 0. The largest absolute Gasteiger partial charge is 0.202 e. The van der Waals surface area contributed by atoms with E-state index in [0.29, 0.717) is 0 Å². The Balaban J connectivity index is 3.34. The second-order valence-corrected chi connectivity index (χ2v) is 2.86. The van der Waals surface area contributed by atoms with E-state index in [1.54, 1.807) is 22.6 Å². The summed E-state index contributed by atoms with van der Waals surface area (Å²) in [5, 5.41) is 0. The molecule has 0 heterocycles. The molecular formula is C6H2F2IN. The van der Waals surface area contributed by atoms with Gasteiger partial charge in [-0.3, -0.25) is 0 Å². The summed E-state index contributed by atoms with van der Waals surface area (Å²) in [4.78, 5) is 0. The number of halogens is 3. The molecule has 0 aliphatic carbocycles. The van der Waals surface area contributed by atoms with E-state index in [1.807, 2.05) is 0 Å². The average Bonchev–Trinajstić information content (AvgIpc) is 1.93. The molecule has 1 aromatic rings. The van der Waals surface area contributed by atoms with E-state index in [4.69, 9.17) is 5.73 Å². The maximum Gasteiger partial charge on any atom is 0.187 e. The molecule has 0 atom stereocenters. The van der Waals surface area contributed by atoms with Crippen LogP contribution in [0.1, 0.15) is 0 Å². The van der Waals surface area contributed by atoms with Crippen LogP contribution in [0.4, 0.5) is 14.5 Å². The first kappa shape index (κ1) is 7.71. The lowest BCUT2D eigenvalue weighted by molar-refractivity contribution is 0.505. The van der Waals surface area contributed by atoms with Gasteiger partial charge < -0.3 is 0 Å². The number of nitrogens with zero attached hydrogens (tertiary/aromatic N) is 1. The summed E-state index contributed by atoms with van der Waals surface area (Å²) in [6.07, 6.45) is 0. The van der Waals surface area contributed by atoms with Crippen molar-refractivity contribution in [1.82, 2.24) is 5.73 Å². The molecular weight excluding hydrogens is 251 g/mol. The fourth-order valence-corrected chi connectivity index (χ4v) is 0.932. The van der Waals surface area contributed by atoms with Gasteiger partial charge in [0.15, 0.2) is 11.6 Å². The lowest BCUT2D eigenvalue weighted by Gasteiger charge is -1.95. The Kier molecular flexibility index (Phi) is 2.08. The average molecular weight is 253 g/mol. The fraction of sp³-hybridized carbons (Fsp3) is 0. The van der Waals surface area contributed by atoms with Crippen LogP contribution < -0.4 is 5.73 Å². The highest BCUT2D eigenvalue weighted by molar-refractivity contribution is 14.1. The maximum atomic E-state index is 12.4. The third-order valence-electron chi connectivity index (χ3n) is 1.01. The minimum absolute atomic E-state index is 0.160. The van der Waals surface area contributed by atoms with Crippen molar-refractivity contribution in [3.63, 3.8) is 0 Å². The highest BCUT2D eigenvalue weighted by atomic mass is 127.